The highest BCUT2D eigenvalue weighted by molar-refractivity contribution is 6.31. The summed E-state index contributed by atoms with van der Waals surface area (Å²) >= 11 is 11.7. The third-order valence-electron chi connectivity index (χ3n) is 3.26. The lowest BCUT2D eigenvalue weighted by Crippen LogP contribution is -2.32. The monoisotopic (exact) mass is 355 g/mol. The Bertz CT molecular complexity index is 722. The quantitative estimate of drug-likeness (QED) is 0.796. The van der Waals surface area contributed by atoms with Crippen molar-refractivity contribution in [3.8, 4) is 5.75 Å². The van der Waals surface area contributed by atoms with Gasteiger partial charge in [0.1, 0.15) is 11.6 Å². The molecule has 2 aromatic rings. The number of aryl methyl sites for hydroxylation is 1. The molecular weight excluding hydrogens is 340 g/mol. The summed E-state index contributed by atoms with van der Waals surface area (Å²) in [6.45, 7) is 3.70. The maximum absolute atomic E-state index is 13.1. The van der Waals surface area contributed by atoms with Crippen molar-refractivity contribution in [2.75, 3.05) is 5.32 Å². The topological polar surface area (TPSA) is 38.3 Å². The molecule has 0 saturated carbocycles. The van der Waals surface area contributed by atoms with Crippen LogP contribution in [0.4, 0.5) is 10.1 Å². The predicted octanol–water partition coefficient (Wildman–Crippen LogP) is 5.24. The molecule has 0 radical (unpaired) electrons. The van der Waals surface area contributed by atoms with Gasteiger partial charge in [-0.15, -0.1) is 0 Å². The molecule has 0 aliphatic rings. The first-order valence-electron chi connectivity index (χ1n) is 7.09. The van der Waals surface area contributed by atoms with Crippen molar-refractivity contribution in [3.05, 3.63) is 57.8 Å². The van der Waals surface area contributed by atoms with Crippen molar-refractivity contribution in [3.63, 3.8) is 0 Å². The number of hydrogen-bond acceptors (Lipinski definition) is 2. The Morgan fingerprint density at radius 2 is 1.96 bits per heavy atom. The van der Waals surface area contributed by atoms with Gasteiger partial charge >= 0.3 is 0 Å². The molecule has 0 aliphatic carbocycles. The van der Waals surface area contributed by atoms with Crippen molar-refractivity contribution in [2.24, 2.45) is 0 Å². The summed E-state index contributed by atoms with van der Waals surface area (Å²) in [5.74, 6) is -0.307. The number of nitrogens with one attached hydrogen (secondary N) is 1. The van der Waals surface area contributed by atoms with Crippen molar-refractivity contribution >= 4 is 34.8 Å². The smallest absolute Gasteiger partial charge is 0.265 e. The summed E-state index contributed by atoms with van der Waals surface area (Å²) in [6, 6.07) is 9.19. The van der Waals surface area contributed by atoms with Crippen LogP contribution in [0.3, 0.4) is 0 Å². The van der Waals surface area contributed by atoms with Gasteiger partial charge in [-0.3, -0.25) is 4.79 Å². The van der Waals surface area contributed by atoms with E-state index in [1.165, 1.54) is 18.2 Å². The molecule has 1 N–H and O–H groups in total. The number of halogens is 3. The van der Waals surface area contributed by atoms with Crippen molar-refractivity contribution in [2.45, 2.75) is 26.4 Å². The van der Waals surface area contributed by atoms with E-state index in [0.717, 1.165) is 5.56 Å². The second kappa shape index (κ2) is 7.66. The molecule has 6 heteroatoms. The van der Waals surface area contributed by atoms with Gasteiger partial charge in [-0.25, -0.2) is 4.39 Å². The predicted molar refractivity (Wildman–Crippen MR) is 90.9 cm³/mol. The number of rotatable bonds is 5. The number of ether oxygens (including phenoxy) is 1. The maximum atomic E-state index is 13.1. The van der Waals surface area contributed by atoms with Crippen LogP contribution < -0.4 is 10.1 Å². The zero-order chi connectivity index (χ0) is 17.0. The van der Waals surface area contributed by atoms with E-state index in [0.29, 0.717) is 22.9 Å². The van der Waals surface area contributed by atoms with Gasteiger partial charge in [0.2, 0.25) is 0 Å². The summed E-state index contributed by atoms with van der Waals surface area (Å²) in [6.07, 6.45) is -0.206. The van der Waals surface area contributed by atoms with Gasteiger partial charge in [-0.2, -0.15) is 0 Å². The van der Waals surface area contributed by atoms with E-state index in [1.54, 1.807) is 18.2 Å². The van der Waals surface area contributed by atoms with Gasteiger partial charge in [0.05, 0.1) is 5.02 Å². The maximum Gasteiger partial charge on any atom is 0.265 e. The number of anilines is 1. The number of carbonyl (C=O) groups is 1. The second-order valence-electron chi connectivity index (χ2n) is 5.04. The highest BCUT2D eigenvalue weighted by atomic mass is 35.5. The average molecular weight is 356 g/mol. The highest BCUT2D eigenvalue weighted by Gasteiger charge is 2.19. The molecule has 1 amide bonds. The molecule has 0 aliphatic heterocycles. The van der Waals surface area contributed by atoms with Crippen LogP contribution in [0.5, 0.6) is 5.75 Å². The standard InChI is InChI=1S/C17H16Cl2FNO2/c1-3-16(23-12-5-6-13(18)10(2)8-12)17(22)21-11-4-7-15(20)14(19)9-11/h4-9,16H,3H2,1-2H3,(H,21,22). The normalized spacial score (nSPS) is 11.9. The summed E-state index contributed by atoms with van der Waals surface area (Å²) in [5, 5.41) is 3.25. The molecule has 0 heterocycles. The summed E-state index contributed by atoms with van der Waals surface area (Å²) in [5.41, 5.74) is 1.28. The molecule has 2 aromatic carbocycles. The fourth-order valence-electron chi connectivity index (χ4n) is 1.97. The van der Waals surface area contributed by atoms with Crippen LogP contribution >= 0.6 is 23.2 Å². The number of carbonyl (C=O) groups excluding carboxylic acids is 1. The van der Waals surface area contributed by atoms with Gasteiger partial charge < -0.3 is 10.1 Å². The molecule has 122 valence electrons. The Balaban J connectivity index is 2.08. The molecule has 0 bridgehead atoms. The minimum Gasteiger partial charge on any atom is -0.481 e. The molecule has 1 atom stereocenters. The first kappa shape index (κ1) is 17.6. The third-order valence-corrected chi connectivity index (χ3v) is 3.97. The van der Waals surface area contributed by atoms with Crippen LogP contribution in [0.25, 0.3) is 0 Å². The number of amides is 1. The zero-order valence-corrected chi connectivity index (χ0v) is 14.2. The lowest BCUT2D eigenvalue weighted by molar-refractivity contribution is -0.122. The fraction of sp³-hybridized carbons (Fsp3) is 0.235. The number of hydrogen-bond donors (Lipinski definition) is 1. The Hall–Kier alpha value is -1.78. The Morgan fingerprint density at radius 1 is 1.22 bits per heavy atom. The molecule has 0 fully saturated rings. The fourth-order valence-corrected chi connectivity index (χ4v) is 2.27. The molecule has 0 aromatic heterocycles. The SMILES string of the molecule is CCC(Oc1ccc(Cl)c(C)c1)C(=O)Nc1ccc(F)c(Cl)c1. The van der Waals surface area contributed by atoms with Crippen LogP contribution in [0.15, 0.2) is 36.4 Å². The van der Waals surface area contributed by atoms with Gasteiger partial charge in [-0.1, -0.05) is 30.1 Å². The summed E-state index contributed by atoms with van der Waals surface area (Å²) in [7, 11) is 0. The minimum absolute atomic E-state index is 0.0508. The Kier molecular flexibility index (Phi) is 5.85. The van der Waals surface area contributed by atoms with Crippen molar-refractivity contribution in [1.29, 1.82) is 0 Å². The average Bonchev–Trinajstić information content (AvgIpc) is 2.52. The van der Waals surface area contributed by atoms with Crippen LogP contribution in [-0.2, 0) is 4.79 Å². The van der Waals surface area contributed by atoms with Gasteiger partial charge in [0, 0.05) is 10.7 Å². The number of benzene rings is 2. The second-order valence-corrected chi connectivity index (χ2v) is 5.86. The third kappa shape index (κ3) is 4.60. The first-order valence-corrected chi connectivity index (χ1v) is 7.85. The van der Waals surface area contributed by atoms with Crippen LogP contribution in [0.1, 0.15) is 18.9 Å². The highest BCUT2D eigenvalue weighted by Crippen LogP contribution is 2.23. The largest absolute Gasteiger partial charge is 0.481 e. The van der Waals surface area contributed by atoms with E-state index >= 15 is 0 Å². The minimum atomic E-state index is -0.681. The van der Waals surface area contributed by atoms with E-state index in [1.807, 2.05) is 13.8 Å². The van der Waals surface area contributed by atoms with Crippen LogP contribution in [0.2, 0.25) is 10.0 Å². The van der Waals surface area contributed by atoms with E-state index in [2.05, 4.69) is 5.32 Å². The van der Waals surface area contributed by atoms with Crippen LogP contribution in [0, 0.1) is 12.7 Å². The Labute approximate surface area is 144 Å². The van der Waals surface area contributed by atoms with E-state index in [-0.39, 0.29) is 10.9 Å². The van der Waals surface area contributed by atoms with Gasteiger partial charge in [0.25, 0.3) is 5.91 Å². The van der Waals surface area contributed by atoms with Gasteiger partial charge in [0.15, 0.2) is 6.10 Å². The van der Waals surface area contributed by atoms with E-state index in [9.17, 15) is 9.18 Å². The lowest BCUT2D eigenvalue weighted by Gasteiger charge is -2.18. The van der Waals surface area contributed by atoms with Crippen molar-refractivity contribution in [1.82, 2.24) is 0 Å². The Morgan fingerprint density at radius 3 is 2.57 bits per heavy atom. The molecule has 23 heavy (non-hydrogen) atoms. The molecule has 2 rings (SSSR count). The lowest BCUT2D eigenvalue weighted by atomic mass is 10.2. The van der Waals surface area contributed by atoms with E-state index in [4.69, 9.17) is 27.9 Å². The van der Waals surface area contributed by atoms with Crippen LogP contribution in [-0.4, -0.2) is 12.0 Å². The zero-order valence-electron chi connectivity index (χ0n) is 12.7. The molecular formula is C17H16Cl2FNO2. The molecule has 0 spiro atoms. The van der Waals surface area contributed by atoms with Crippen molar-refractivity contribution < 1.29 is 13.9 Å². The van der Waals surface area contributed by atoms with E-state index < -0.39 is 11.9 Å². The summed E-state index contributed by atoms with van der Waals surface area (Å²) < 4.78 is 18.8. The molecule has 1 unspecified atom stereocenters. The summed E-state index contributed by atoms with van der Waals surface area (Å²) in [4.78, 5) is 12.3. The molecule has 3 nitrogen and oxygen atoms in total. The first-order chi connectivity index (χ1) is 10.9. The van der Waals surface area contributed by atoms with Gasteiger partial charge in [-0.05, 0) is 55.3 Å². The molecule has 0 saturated heterocycles.